The molecular weight excluding hydrogens is 379 g/mol. The van der Waals surface area contributed by atoms with Crippen LogP contribution in [0.15, 0.2) is 66.7 Å². The summed E-state index contributed by atoms with van der Waals surface area (Å²) in [4.78, 5) is 11.9. The summed E-state index contributed by atoms with van der Waals surface area (Å²) in [7, 11) is 0. The van der Waals surface area contributed by atoms with Crippen LogP contribution in [-0.4, -0.2) is 15.7 Å². The maximum atomic E-state index is 13.3. The van der Waals surface area contributed by atoms with E-state index in [2.05, 4.69) is 5.43 Å². The molecule has 0 unspecified atom stereocenters. The molecule has 7 heteroatoms. The van der Waals surface area contributed by atoms with E-state index < -0.39 is 0 Å². The summed E-state index contributed by atoms with van der Waals surface area (Å²) in [5.41, 5.74) is 5.78. The Kier molecular flexibility index (Phi) is 4.81. The molecule has 140 valence electrons. The van der Waals surface area contributed by atoms with E-state index >= 15 is 0 Å². The normalized spacial score (nSPS) is 11.0. The zero-order valence-corrected chi connectivity index (χ0v) is 15.4. The third kappa shape index (κ3) is 3.35. The number of nitrogen functional groups attached to an aromatic ring is 1. The zero-order chi connectivity index (χ0) is 19.7. The fourth-order valence-corrected chi connectivity index (χ4v) is 3.39. The number of nitrogens with two attached hydrogens (primary N) is 1. The van der Waals surface area contributed by atoms with Crippen LogP contribution in [0.3, 0.4) is 0 Å². The molecule has 4 rings (SSSR count). The monoisotopic (exact) mass is 394 g/mol. The molecule has 1 amide bonds. The van der Waals surface area contributed by atoms with E-state index in [0.29, 0.717) is 17.1 Å². The summed E-state index contributed by atoms with van der Waals surface area (Å²) in [5.74, 6) is 4.49. The summed E-state index contributed by atoms with van der Waals surface area (Å²) in [5, 5.41) is 6.03. The first-order chi connectivity index (χ1) is 13.6. The Morgan fingerprint density at radius 2 is 1.93 bits per heavy atom. The van der Waals surface area contributed by atoms with Gasteiger partial charge in [-0.2, -0.15) is 5.10 Å². The summed E-state index contributed by atoms with van der Waals surface area (Å²) in [6.45, 7) is 0.391. The first-order valence-corrected chi connectivity index (χ1v) is 8.95. The van der Waals surface area contributed by atoms with E-state index in [-0.39, 0.29) is 11.7 Å². The van der Waals surface area contributed by atoms with Crippen LogP contribution in [-0.2, 0) is 6.54 Å². The highest BCUT2D eigenvalue weighted by molar-refractivity contribution is 6.31. The lowest BCUT2D eigenvalue weighted by atomic mass is 10.0. The lowest BCUT2D eigenvalue weighted by Crippen LogP contribution is -2.29. The molecule has 0 radical (unpaired) electrons. The topological polar surface area (TPSA) is 72.9 Å². The summed E-state index contributed by atoms with van der Waals surface area (Å²) in [6, 6.07) is 19.2. The van der Waals surface area contributed by atoms with Crippen molar-refractivity contribution in [3.05, 3.63) is 88.7 Å². The Morgan fingerprint density at radius 3 is 2.71 bits per heavy atom. The molecule has 3 N–H and O–H groups in total. The van der Waals surface area contributed by atoms with Gasteiger partial charge in [-0.05, 0) is 35.9 Å². The van der Waals surface area contributed by atoms with E-state index in [9.17, 15) is 9.18 Å². The van der Waals surface area contributed by atoms with Crippen molar-refractivity contribution in [3.8, 4) is 11.3 Å². The van der Waals surface area contributed by atoms with E-state index in [1.165, 1.54) is 12.1 Å². The number of hydrogen-bond donors (Lipinski definition) is 2. The van der Waals surface area contributed by atoms with Crippen molar-refractivity contribution in [2.45, 2.75) is 6.54 Å². The third-order valence-corrected chi connectivity index (χ3v) is 4.87. The average Bonchev–Trinajstić information content (AvgIpc) is 3.08. The fourth-order valence-electron chi connectivity index (χ4n) is 3.16. The number of amides is 1. The van der Waals surface area contributed by atoms with Gasteiger partial charge in [0.15, 0.2) is 0 Å². The largest absolute Gasteiger partial charge is 0.290 e. The molecule has 0 saturated heterocycles. The van der Waals surface area contributed by atoms with Gasteiger partial charge in [-0.1, -0.05) is 48.0 Å². The molecule has 28 heavy (non-hydrogen) atoms. The molecule has 3 aromatic carbocycles. The highest BCUT2D eigenvalue weighted by atomic mass is 35.5. The fraction of sp³-hybridized carbons (Fsp3) is 0.0476. The van der Waals surface area contributed by atoms with Crippen LogP contribution in [0, 0.1) is 5.82 Å². The average molecular weight is 395 g/mol. The first kappa shape index (κ1) is 18.2. The molecule has 0 saturated carbocycles. The Morgan fingerprint density at radius 1 is 1.11 bits per heavy atom. The minimum absolute atomic E-state index is 0.350. The van der Waals surface area contributed by atoms with Crippen molar-refractivity contribution >= 4 is 28.4 Å². The van der Waals surface area contributed by atoms with E-state index in [4.69, 9.17) is 22.5 Å². The highest BCUT2D eigenvalue weighted by Crippen LogP contribution is 2.29. The number of halogens is 2. The van der Waals surface area contributed by atoms with Crippen molar-refractivity contribution < 1.29 is 9.18 Å². The number of nitrogens with one attached hydrogen (secondary N) is 1. The maximum Gasteiger partial charge on any atom is 0.265 e. The van der Waals surface area contributed by atoms with Crippen LogP contribution in [0.25, 0.3) is 22.2 Å². The lowest BCUT2D eigenvalue weighted by Gasteiger charge is -2.06. The van der Waals surface area contributed by atoms with Crippen LogP contribution in [0.5, 0.6) is 0 Å². The van der Waals surface area contributed by atoms with Gasteiger partial charge in [-0.25, -0.2) is 10.2 Å². The number of hydrogen-bond acceptors (Lipinski definition) is 3. The predicted molar refractivity (Wildman–Crippen MR) is 107 cm³/mol. The van der Waals surface area contributed by atoms with Gasteiger partial charge < -0.3 is 0 Å². The Bertz CT molecular complexity index is 1190. The molecule has 0 fully saturated rings. The molecule has 4 aromatic rings. The van der Waals surface area contributed by atoms with Crippen molar-refractivity contribution in [3.63, 3.8) is 0 Å². The molecule has 1 aromatic heterocycles. The molecule has 0 aliphatic heterocycles. The molecule has 0 aliphatic carbocycles. The second-order valence-electron chi connectivity index (χ2n) is 6.31. The second-order valence-corrected chi connectivity index (χ2v) is 6.72. The summed E-state index contributed by atoms with van der Waals surface area (Å²) >= 11 is 6.19. The Hall–Kier alpha value is -3.22. The number of aromatic nitrogens is 2. The van der Waals surface area contributed by atoms with E-state index in [0.717, 1.165) is 27.7 Å². The molecular formula is C21H16ClFN4O. The maximum absolute atomic E-state index is 13.3. The smallest absolute Gasteiger partial charge is 0.265 e. The number of rotatable bonds is 4. The highest BCUT2D eigenvalue weighted by Gasteiger charge is 2.15. The molecule has 1 heterocycles. The quantitative estimate of drug-likeness (QED) is 0.310. The van der Waals surface area contributed by atoms with Crippen molar-refractivity contribution in [2.24, 2.45) is 5.84 Å². The SMILES string of the molecule is NNC(=O)c1cccc(-c2nn(Cc3ccc(F)cc3Cl)c3ccccc23)c1. The number of hydrazine groups is 1. The van der Waals surface area contributed by atoms with Crippen LogP contribution in [0.4, 0.5) is 4.39 Å². The number of nitrogens with zero attached hydrogens (tertiary/aromatic N) is 2. The number of fused-ring (bicyclic) bond motifs is 1. The second kappa shape index (κ2) is 7.42. The minimum Gasteiger partial charge on any atom is -0.290 e. The van der Waals surface area contributed by atoms with Gasteiger partial charge in [0.2, 0.25) is 0 Å². The molecule has 0 atom stereocenters. The first-order valence-electron chi connectivity index (χ1n) is 8.57. The third-order valence-electron chi connectivity index (χ3n) is 4.52. The molecule has 5 nitrogen and oxygen atoms in total. The van der Waals surface area contributed by atoms with Gasteiger partial charge >= 0.3 is 0 Å². The summed E-state index contributed by atoms with van der Waals surface area (Å²) < 4.78 is 15.2. The Balaban J connectivity index is 1.82. The molecule has 0 spiro atoms. The van der Waals surface area contributed by atoms with Gasteiger partial charge in [0.1, 0.15) is 11.5 Å². The summed E-state index contributed by atoms with van der Waals surface area (Å²) in [6.07, 6.45) is 0. The van der Waals surface area contributed by atoms with Crippen LogP contribution in [0.1, 0.15) is 15.9 Å². The van der Waals surface area contributed by atoms with Gasteiger partial charge in [0, 0.05) is 21.5 Å². The van der Waals surface area contributed by atoms with Gasteiger partial charge in [0.25, 0.3) is 5.91 Å². The van der Waals surface area contributed by atoms with Crippen molar-refractivity contribution in [2.75, 3.05) is 0 Å². The van der Waals surface area contributed by atoms with Crippen LogP contribution < -0.4 is 11.3 Å². The van der Waals surface area contributed by atoms with Crippen molar-refractivity contribution in [1.82, 2.24) is 15.2 Å². The van der Waals surface area contributed by atoms with Crippen LogP contribution >= 0.6 is 11.6 Å². The molecule has 0 aliphatic rings. The van der Waals surface area contributed by atoms with Gasteiger partial charge in [0.05, 0.1) is 12.1 Å². The predicted octanol–water partition coefficient (Wildman–Crippen LogP) is 4.15. The minimum atomic E-state index is -0.380. The van der Waals surface area contributed by atoms with E-state index in [1.54, 1.807) is 24.3 Å². The number of benzene rings is 3. The van der Waals surface area contributed by atoms with Gasteiger partial charge in [-0.15, -0.1) is 0 Å². The van der Waals surface area contributed by atoms with Crippen molar-refractivity contribution in [1.29, 1.82) is 0 Å². The standard InChI is InChI=1S/C21H16ClFN4O/c22-18-11-16(23)9-8-15(18)12-27-19-7-2-1-6-17(19)20(26-27)13-4-3-5-14(10-13)21(28)25-24/h1-11H,12,24H2,(H,25,28). The van der Waals surface area contributed by atoms with E-state index in [1.807, 2.05) is 35.0 Å². The zero-order valence-electron chi connectivity index (χ0n) is 14.7. The lowest BCUT2D eigenvalue weighted by molar-refractivity contribution is 0.0953. The molecule has 0 bridgehead atoms. The number of carbonyl (C=O) groups is 1. The van der Waals surface area contributed by atoms with Gasteiger partial charge in [-0.3, -0.25) is 14.9 Å². The number of para-hydroxylation sites is 1. The van der Waals surface area contributed by atoms with Crippen LogP contribution in [0.2, 0.25) is 5.02 Å². The Labute approximate surface area is 165 Å². The number of carbonyl (C=O) groups excluding carboxylic acids is 1.